The van der Waals surface area contributed by atoms with E-state index in [0.29, 0.717) is 12.4 Å². The number of hydrogen-bond acceptors (Lipinski definition) is 4. The predicted molar refractivity (Wildman–Crippen MR) is 76.0 cm³/mol. The molecule has 2 saturated heterocycles. The summed E-state index contributed by atoms with van der Waals surface area (Å²) in [6, 6.07) is 3.30. The number of carbonyl (C=O) groups is 1. The van der Waals surface area contributed by atoms with Crippen LogP contribution in [0.25, 0.3) is 0 Å². The van der Waals surface area contributed by atoms with Gasteiger partial charge in [-0.05, 0) is 60.9 Å². The molecule has 3 heterocycles. The second kappa shape index (κ2) is 5.51. The molecule has 3 nitrogen and oxygen atoms in total. The van der Waals surface area contributed by atoms with Gasteiger partial charge in [0.1, 0.15) is 0 Å². The van der Waals surface area contributed by atoms with E-state index in [9.17, 15) is 4.79 Å². The molecule has 1 aromatic heterocycles. The number of thioether (sulfide) groups is 1. The maximum atomic E-state index is 12.4. The number of rotatable bonds is 2. The van der Waals surface area contributed by atoms with E-state index in [2.05, 4.69) is 0 Å². The van der Waals surface area contributed by atoms with E-state index in [4.69, 9.17) is 20.8 Å². The molecule has 1 unspecified atom stereocenters. The lowest BCUT2D eigenvalue weighted by atomic mass is 9.79. The fraction of sp³-hybridized carbons (Fsp3) is 0.643. The van der Waals surface area contributed by atoms with Gasteiger partial charge in [0.05, 0.1) is 5.60 Å². The first-order valence-electron chi connectivity index (χ1n) is 6.70. The fourth-order valence-electron chi connectivity index (χ4n) is 2.99. The van der Waals surface area contributed by atoms with Gasteiger partial charge in [-0.3, -0.25) is 4.79 Å². The van der Waals surface area contributed by atoms with Crippen molar-refractivity contribution in [2.24, 2.45) is 5.92 Å². The van der Waals surface area contributed by atoms with Gasteiger partial charge in [-0.1, -0.05) is 0 Å². The number of halogens is 1. The molecule has 0 saturated carbocycles. The molecule has 0 radical (unpaired) electrons. The average molecular weight is 301 g/mol. The maximum absolute atomic E-state index is 12.4. The SMILES string of the molecule is O=C(c1ccc(Cl)o1)C1CCOC2(CCSCC2)C1. The molecule has 1 aromatic rings. The van der Waals surface area contributed by atoms with Crippen LogP contribution in [0.2, 0.25) is 5.22 Å². The molecule has 1 spiro atoms. The van der Waals surface area contributed by atoms with Crippen LogP contribution in [0.1, 0.15) is 36.2 Å². The molecule has 104 valence electrons. The summed E-state index contributed by atoms with van der Waals surface area (Å²) in [7, 11) is 0. The van der Waals surface area contributed by atoms with Crippen molar-refractivity contribution in [1.29, 1.82) is 0 Å². The standard InChI is InChI=1S/C14H17ClO3S/c15-12-2-1-11(18-12)13(16)10-3-6-17-14(9-10)4-7-19-8-5-14/h1-2,10H,3-9H2. The van der Waals surface area contributed by atoms with Gasteiger partial charge in [0, 0.05) is 12.5 Å². The van der Waals surface area contributed by atoms with Crippen LogP contribution >= 0.6 is 23.4 Å². The van der Waals surface area contributed by atoms with Gasteiger partial charge < -0.3 is 9.15 Å². The first kappa shape index (κ1) is 13.5. The van der Waals surface area contributed by atoms with Crippen molar-refractivity contribution in [3.63, 3.8) is 0 Å². The molecule has 2 aliphatic rings. The predicted octanol–water partition coefficient (Wildman–Crippen LogP) is 3.81. The summed E-state index contributed by atoms with van der Waals surface area (Å²) < 4.78 is 11.3. The molecule has 1 atom stereocenters. The second-order valence-corrected chi connectivity index (χ2v) is 6.90. The molecular weight excluding hydrogens is 284 g/mol. The van der Waals surface area contributed by atoms with Crippen LogP contribution in [0.15, 0.2) is 16.5 Å². The molecule has 2 fully saturated rings. The summed E-state index contributed by atoms with van der Waals surface area (Å²) in [6.07, 6.45) is 3.72. The average Bonchev–Trinajstić information content (AvgIpc) is 2.85. The Hall–Kier alpha value is -0.450. The van der Waals surface area contributed by atoms with E-state index in [1.54, 1.807) is 12.1 Å². The Morgan fingerprint density at radius 3 is 2.84 bits per heavy atom. The number of carbonyl (C=O) groups excluding carboxylic acids is 1. The first-order chi connectivity index (χ1) is 9.19. The first-order valence-corrected chi connectivity index (χ1v) is 8.23. The lowest BCUT2D eigenvalue weighted by Gasteiger charge is -2.42. The summed E-state index contributed by atoms with van der Waals surface area (Å²) in [5.41, 5.74) is -0.0692. The zero-order chi connectivity index (χ0) is 13.3. The summed E-state index contributed by atoms with van der Waals surface area (Å²) in [5.74, 6) is 2.74. The number of ether oxygens (including phenoxy) is 1. The molecule has 0 aliphatic carbocycles. The largest absolute Gasteiger partial charge is 0.442 e. The maximum Gasteiger partial charge on any atom is 0.201 e. The van der Waals surface area contributed by atoms with E-state index < -0.39 is 0 Å². The molecule has 2 aliphatic heterocycles. The van der Waals surface area contributed by atoms with Gasteiger partial charge in [-0.25, -0.2) is 0 Å². The van der Waals surface area contributed by atoms with Crippen LogP contribution in [0.4, 0.5) is 0 Å². The zero-order valence-corrected chi connectivity index (χ0v) is 12.3. The highest BCUT2D eigenvalue weighted by Crippen LogP contribution is 2.40. The molecule has 3 rings (SSSR count). The smallest absolute Gasteiger partial charge is 0.201 e. The quantitative estimate of drug-likeness (QED) is 0.779. The van der Waals surface area contributed by atoms with Gasteiger partial charge in [0.2, 0.25) is 5.78 Å². The van der Waals surface area contributed by atoms with Crippen LogP contribution in [-0.4, -0.2) is 29.5 Å². The second-order valence-electron chi connectivity index (χ2n) is 5.30. The summed E-state index contributed by atoms with van der Waals surface area (Å²) in [6.45, 7) is 0.676. The molecule has 0 N–H and O–H groups in total. The number of furan rings is 1. The number of ketones is 1. The van der Waals surface area contributed by atoms with Crippen molar-refractivity contribution in [2.75, 3.05) is 18.1 Å². The van der Waals surface area contributed by atoms with Gasteiger partial charge in [-0.15, -0.1) is 0 Å². The molecule has 0 amide bonds. The Balaban J connectivity index is 1.72. The molecule has 5 heteroatoms. The van der Waals surface area contributed by atoms with E-state index in [1.807, 2.05) is 11.8 Å². The summed E-state index contributed by atoms with van der Waals surface area (Å²) in [4.78, 5) is 12.4. The molecule has 0 aromatic carbocycles. The van der Waals surface area contributed by atoms with E-state index in [0.717, 1.165) is 37.2 Å². The summed E-state index contributed by atoms with van der Waals surface area (Å²) in [5, 5.41) is 0.277. The Kier molecular flexibility index (Phi) is 3.92. The van der Waals surface area contributed by atoms with Crippen LogP contribution in [0.5, 0.6) is 0 Å². The molecule has 0 bridgehead atoms. The van der Waals surface area contributed by atoms with Crippen LogP contribution in [0.3, 0.4) is 0 Å². The van der Waals surface area contributed by atoms with E-state index in [1.165, 1.54) is 0 Å². The Morgan fingerprint density at radius 2 is 2.16 bits per heavy atom. The van der Waals surface area contributed by atoms with Gasteiger partial charge in [0.15, 0.2) is 11.0 Å². The molecule has 19 heavy (non-hydrogen) atoms. The van der Waals surface area contributed by atoms with Crippen LogP contribution < -0.4 is 0 Å². The zero-order valence-electron chi connectivity index (χ0n) is 10.7. The fourth-order valence-corrected chi connectivity index (χ4v) is 4.37. The van der Waals surface area contributed by atoms with Crippen molar-refractivity contribution in [3.05, 3.63) is 23.1 Å². The minimum Gasteiger partial charge on any atom is -0.442 e. The van der Waals surface area contributed by atoms with Gasteiger partial charge in [0.25, 0.3) is 0 Å². The minimum absolute atomic E-state index is 0.0130. The van der Waals surface area contributed by atoms with Crippen molar-refractivity contribution in [2.45, 2.75) is 31.3 Å². The van der Waals surface area contributed by atoms with Crippen molar-refractivity contribution in [3.8, 4) is 0 Å². The van der Waals surface area contributed by atoms with Crippen molar-refractivity contribution < 1.29 is 13.9 Å². The normalized spacial score (nSPS) is 26.5. The third-order valence-corrected chi connectivity index (χ3v) is 5.27. The van der Waals surface area contributed by atoms with E-state index >= 15 is 0 Å². The van der Waals surface area contributed by atoms with Gasteiger partial charge in [-0.2, -0.15) is 11.8 Å². The van der Waals surface area contributed by atoms with E-state index in [-0.39, 0.29) is 22.5 Å². The molecular formula is C14H17ClO3S. The third-order valence-electron chi connectivity index (χ3n) is 4.08. The monoisotopic (exact) mass is 300 g/mol. The Labute approximate surface area is 122 Å². The highest BCUT2D eigenvalue weighted by molar-refractivity contribution is 7.99. The highest BCUT2D eigenvalue weighted by Gasteiger charge is 2.41. The summed E-state index contributed by atoms with van der Waals surface area (Å²) >= 11 is 7.71. The van der Waals surface area contributed by atoms with Crippen molar-refractivity contribution >= 4 is 29.1 Å². The third kappa shape index (κ3) is 2.86. The van der Waals surface area contributed by atoms with Crippen LogP contribution in [0, 0.1) is 5.92 Å². The highest BCUT2D eigenvalue weighted by atomic mass is 35.5. The lowest BCUT2D eigenvalue weighted by molar-refractivity contribution is -0.0961. The topological polar surface area (TPSA) is 39.4 Å². The van der Waals surface area contributed by atoms with Gasteiger partial charge >= 0.3 is 0 Å². The lowest BCUT2D eigenvalue weighted by Crippen LogP contribution is -2.44. The van der Waals surface area contributed by atoms with Crippen LogP contribution in [-0.2, 0) is 4.74 Å². The Morgan fingerprint density at radius 1 is 1.37 bits per heavy atom. The number of Topliss-reactive ketones (excluding diaryl/α,β-unsaturated/α-hetero) is 1. The Bertz CT molecular complexity index is 460. The van der Waals surface area contributed by atoms with Crippen molar-refractivity contribution in [1.82, 2.24) is 0 Å². The number of hydrogen-bond donors (Lipinski definition) is 0. The minimum atomic E-state index is -0.0692.